The van der Waals surface area contributed by atoms with E-state index in [0.717, 1.165) is 17.6 Å². The molecule has 1 aromatic rings. The number of rotatable bonds is 7. The molecule has 0 saturated heterocycles. The standard InChI is InChI=1S/C16H22O4/c1-5-12(2)11-20-16-14(18-3)9-13(7-6-8-17)10-15(16)19-4/h6-7,9-11,17H,5,8H2,1-4H3/b7-6+,12-11+. The summed E-state index contributed by atoms with van der Waals surface area (Å²) in [6.07, 6.45) is 6.06. The summed E-state index contributed by atoms with van der Waals surface area (Å²) in [5.74, 6) is 1.72. The maximum atomic E-state index is 8.83. The van der Waals surface area contributed by atoms with Crippen molar-refractivity contribution < 1.29 is 19.3 Å². The maximum Gasteiger partial charge on any atom is 0.210 e. The predicted octanol–water partition coefficient (Wildman–Crippen LogP) is 3.40. The van der Waals surface area contributed by atoms with Crippen LogP contribution in [-0.4, -0.2) is 25.9 Å². The molecule has 0 amide bonds. The van der Waals surface area contributed by atoms with Gasteiger partial charge in [-0.05, 0) is 36.6 Å². The van der Waals surface area contributed by atoms with E-state index in [0.29, 0.717) is 17.2 Å². The van der Waals surface area contributed by atoms with Crippen molar-refractivity contribution in [2.75, 3.05) is 20.8 Å². The van der Waals surface area contributed by atoms with Crippen LogP contribution in [0.15, 0.2) is 30.0 Å². The second-order valence-corrected chi connectivity index (χ2v) is 4.28. The van der Waals surface area contributed by atoms with E-state index in [9.17, 15) is 0 Å². The van der Waals surface area contributed by atoms with Crippen molar-refractivity contribution in [2.24, 2.45) is 0 Å². The Bertz CT molecular complexity index is 464. The number of aliphatic hydroxyl groups is 1. The fourth-order valence-corrected chi connectivity index (χ4v) is 1.54. The van der Waals surface area contributed by atoms with Crippen LogP contribution in [0.1, 0.15) is 25.8 Å². The van der Waals surface area contributed by atoms with Crippen LogP contribution < -0.4 is 14.2 Å². The van der Waals surface area contributed by atoms with Gasteiger partial charge in [0.1, 0.15) is 0 Å². The summed E-state index contributed by atoms with van der Waals surface area (Å²) in [5.41, 5.74) is 2.00. The molecule has 0 atom stereocenters. The molecule has 1 aromatic carbocycles. The average Bonchev–Trinajstić information content (AvgIpc) is 2.49. The first kappa shape index (κ1) is 16.1. The lowest BCUT2D eigenvalue weighted by molar-refractivity contribution is 0.342. The van der Waals surface area contributed by atoms with Crippen LogP contribution in [0, 0.1) is 0 Å². The average molecular weight is 278 g/mol. The van der Waals surface area contributed by atoms with E-state index in [1.165, 1.54) is 0 Å². The quantitative estimate of drug-likeness (QED) is 0.777. The summed E-state index contributed by atoms with van der Waals surface area (Å²) >= 11 is 0. The highest BCUT2D eigenvalue weighted by atomic mass is 16.5. The predicted molar refractivity (Wildman–Crippen MR) is 80.3 cm³/mol. The molecule has 0 heterocycles. The molecule has 1 rings (SSSR count). The molecule has 0 aliphatic carbocycles. The molecule has 110 valence electrons. The largest absolute Gasteiger partial charge is 0.493 e. The zero-order valence-electron chi connectivity index (χ0n) is 12.5. The van der Waals surface area contributed by atoms with Crippen molar-refractivity contribution >= 4 is 6.08 Å². The molecule has 0 spiro atoms. The molecule has 20 heavy (non-hydrogen) atoms. The Kier molecular flexibility index (Phi) is 6.67. The molecular formula is C16H22O4. The van der Waals surface area contributed by atoms with Crippen molar-refractivity contribution in [3.63, 3.8) is 0 Å². The van der Waals surface area contributed by atoms with E-state index in [4.69, 9.17) is 19.3 Å². The molecule has 0 bridgehead atoms. The molecule has 0 fully saturated rings. The minimum Gasteiger partial charge on any atom is -0.493 e. The van der Waals surface area contributed by atoms with Crippen molar-refractivity contribution in [3.8, 4) is 17.2 Å². The monoisotopic (exact) mass is 278 g/mol. The Hall–Kier alpha value is -1.94. The number of hydrogen-bond acceptors (Lipinski definition) is 4. The molecule has 0 saturated carbocycles. The summed E-state index contributed by atoms with van der Waals surface area (Å²) in [6.45, 7) is 4.05. The molecule has 4 nitrogen and oxygen atoms in total. The first-order chi connectivity index (χ1) is 9.65. The van der Waals surface area contributed by atoms with Gasteiger partial charge in [-0.1, -0.05) is 19.1 Å². The van der Waals surface area contributed by atoms with Crippen LogP contribution >= 0.6 is 0 Å². The van der Waals surface area contributed by atoms with Gasteiger partial charge in [0, 0.05) is 0 Å². The van der Waals surface area contributed by atoms with Gasteiger partial charge in [0.2, 0.25) is 5.75 Å². The highest BCUT2D eigenvalue weighted by molar-refractivity contribution is 5.62. The van der Waals surface area contributed by atoms with Crippen molar-refractivity contribution in [1.82, 2.24) is 0 Å². The van der Waals surface area contributed by atoms with Crippen LogP contribution in [0.4, 0.5) is 0 Å². The lowest BCUT2D eigenvalue weighted by Crippen LogP contribution is -1.96. The number of hydrogen-bond donors (Lipinski definition) is 1. The number of benzene rings is 1. The number of allylic oxidation sites excluding steroid dienone is 1. The molecular weight excluding hydrogens is 256 g/mol. The van der Waals surface area contributed by atoms with E-state index >= 15 is 0 Å². The minimum absolute atomic E-state index is 0.0126. The number of methoxy groups -OCH3 is 2. The Morgan fingerprint density at radius 2 is 1.80 bits per heavy atom. The van der Waals surface area contributed by atoms with Crippen LogP contribution in [0.3, 0.4) is 0 Å². The van der Waals surface area contributed by atoms with E-state index in [1.54, 1.807) is 32.6 Å². The summed E-state index contributed by atoms with van der Waals surface area (Å²) in [5, 5.41) is 8.83. The highest BCUT2D eigenvalue weighted by Gasteiger charge is 2.12. The van der Waals surface area contributed by atoms with Gasteiger partial charge >= 0.3 is 0 Å². The molecule has 1 N–H and O–H groups in total. The fourth-order valence-electron chi connectivity index (χ4n) is 1.54. The number of ether oxygens (including phenoxy) is 3. The van der Waals surface area contributed by atoms with Crippen LogP contribution in [-0.2, 0) is 0 Å². The summed E-state index contributed by atoms with van der Waals surface area (Å²) in [4.78, 5) is 0. The van der Waals surface area contributed by atoms with Crippen molar-refractivity contribution in [3.05, 3.63) is 35.6 Å². The van der Waals surface area contributed by atoms with E-state index in [-0.39, 0.29) is 6.61 Å². The van der Waals surface area contributed by atoms with E-state index in [2.05, 4.69) is 6.92 Å². The van der Waals surface area contributed by atoms with E-state index in [1.807, 2.05) is 19.1 Å². The second-order valence-electron chi connectivity index (χ2n) is 4.28. The van der Waals surface area contributed by atoms with Gasteiger partial charge in [-0.25, -0.2) is 0 Å². The minimum atomic E-state index is -0.0126. The smallest absolute Gasteiger partial charge is 0.210 e. The lowest BCUT2D eigenvalue weighted by atomic mass is 10.1. The molecule has 0 unspecified atom stereocenters. The zero-order chi connectivity index (χ0) is 15.0. The Balaban J connectivity index is 3.17. The van der Waals surface area contributed by atoms with Gasteiger partial charge in [-0.3, -0.25) is 0 Å². The zero-order valence-corrected chi connectivity index (χ0v) is 12.5. The second kappa shape index (κ2) is 8.27. The van der Waals surface area contributed by atoms with Crippen LogP contribution in [0.2, 0.25) is 0 Å². The first-order valence-corrected chi connectivity index (χ1v) is 6.52. The maximum absolute atomic E-state index is 8.83. The summed E-state index contributed by atoms with van der Waals surface area (Å²) in [7, 11) is 3.16. The summed E-state index contributed by atoms with van der Waals surface area (Å²) < 4.78 is 16.4. The third kappa shape index (κ3) is 4.31. The van der Waals surface area contributed by atoms with Crippen LogP contribution in [0.5, 0.6) is 17.2 Å². The van der Waals surface area contributed by atoms with Gasteiger partial charge in [-0.2, -0.15) is 0 Å². The van der Waals surface area contributed by atoms with E-state index < -0.39 is 0 Å². The van der Waals surface area contributed by atoms with Crippen molar-refractivity contribution in [1.29, 1.82) is 0 Å². The topological polar surface area (TPSA) is 47.9 Å². The van der Waals surface area contributed by atoms with Gasteiger partial charge < -0.3 is 19.3 Å². The van der Waals surface area contributed by atoms with Crippen LogP contribution in [0.25, 0.3) is 6.08 Å². The van der Waals surface area contributed by atoms with Crippen molar-refractivity contribution in [2.45, 2.75) is 20.3 Å². The highest BCUT2D eigenvalue weighted by Crippen LogP contribution is 2.39. The fraction of sp³-hybridized carbons (Fsp3) is 0.375. The third-order valence-corrected chi connectivity index (χ3v) is 2.83. The first-order valence-electron chi connectivity index (χ1n) is 6.52. The third-order valence-electron chi connectivity index (χ3n) is 2.83. The molecule has 0 aliphatic rings. The molecule has 4 heteroatoms. The SMILES string of the molecule is CC/C(C)=C/Oc1c(OC)cc(/C=C/CO)cc1OC. The Morgan fingerprint density at radius 1 is 1.20 bits per heavy atom. The lowest BCUT2D eigenvalue weighted by Gasteiger charge is -2.13. The van der Waals surface area contributed by atoms with Gasteiger partial charge in [0.05, 0.1) is 27.1 Å². The normalized spacial score (nSPS) is 11.8. The number of aliphatic hydroxyl groups excluding tert-OH is 1. The molecule has 0 aliphatic heterocycles. The molecule has 0 aromatic heterocycles. The summed E-state index contributed by atoms with van der Waals surface area (Å²) in [6, 6.07) is 3.66. The van der Waals surface area contributed by atoms with Gasteiger partial charge in [0.15, 0.2) is 11.5 Å². The Labute approximate surface area is 120 Å². The molecule has 0 radical (unpaired) electrons. The van der Waals surface area contributed by atoms with Gasteiger partial charge in [-0.15, -0.1) is 0 Å². The van der Waals surface area contributed by atoms with Gasteiger partial charge in [0.25, 0.3) is 0 Å². The Morgan fingerprint density at radius 3 is 2.25 bits per heavy atom.